The number of nitrogens with zero attached hydrogens (tertiary/aromatic N) is 1. The fourth-order valence-electron chi connectivity index (χ4n) is 1.11. The van der Waals surface area contributed by atoms with Gasteiger partial charge in [-0.05, 0) is 25.0 Å². The molecule has 1 aromatic rings. The Kier molecular flexibility index (Phi) is 3.36. The Morgan fingerprint density at radius 2 is 1.60 bits per heavy atom. The highest BCUT2D eigenvalue weighted by molar-refractivity contribution is 7.84. The topological polar surface area (TPSA) is 46.6 Å². The number of hydrogen-bond donors (Lipinski definition) is 0. The average molecular weight is 229 g/mol. The molecule has 15 heavy (non-hydrogen) atoms. The summed E-state index contributed by atoms with van der Waals surface area (Å²) in [6, 6.07) is 5.49. The molecule has 0 aliphatic rings. The van der Waals surface area contributed by atoms with Crippen molar-refractivity contribution in [1.82, 2.24) is 4.31 Å². The third-order valence-corrected chi connectivity index (χ3v) is 3.32. The highest BCUT2D eigenvalue weighted by Crippen LogP contribution is 2.24. The third kappa shape index (κ3) is 2.70. The zero-order valence-electron chi connectivity index (χ0n) is 9.31. The second-order valence-corrected chi connectivity index (χ2v) is 5.30. The van der Waals surface area contributed by atoms with Crippen molar-refractivity contribution in [2.24, 2.45) is 0 Å². The van der Waals surface area contributed by atoms with Gasteiger partial charge in [-0.3, -0.25) is 0 Å². The van der Waals surface area contributed by atoms with E-state index in [1.165, 1.54) is 14.1 Å². The molecule has 0 aliphatic carbocycles. The van der Waals surface area contributed by atoms with Crippen molar-refractivity contribution in [3.05, 3.63) is 29.3 Å². The highest BCUT2D eigenvalue weighted by atomic mass is 32.2. The maximum absolute atomic E-state index is 11.5. The van der Waals surface area contributed by atoms with E-state index in [2.05, 4.69) is 0 Å². The van der Waals surface area contributed by atoms with Gasteiger partial charge in [-0.15, -0.1) is 0 Å². The van der Waals surface area contributed by atoms with E-state index in [4.69, 9.17) is 4.18 Å². The van der Waals surface area contributed by atoms with E-state index in [1.54, 1.807) is 0 Å². The van der Waals surface area contributed by atoms with Gasteiger partial charge in [0.05, 0.1) is 0 Å². The van der Waals surface area contributed by atoms with Crippen LogP contribution in [0.3, 0.4) is 0 Å². The van der Waals surface area contributed by atoms with Gasteiger partial charge in [0, 0.05) is 14.1 Å². The molecular weight excluding hydrogens is 214 g/mol. The predicted octanol–water partition coefficient (Wildman–Crippen LogP) is 1.49. The minimum Gasteiger partial charge on any atom is -0.370 e. The number of rotatable bonds is 3. The Balaban J connectivity index is 3.11. The molecule has 0 heterocycles. The summed E-state index contributed by atoms with van der Waals surface area (Å²) in [4.78, 5) is 0. The van der Waals surface area contributed by atoms with E-state index in [0.717, 1.165) is 15.4 Å². The molecule has 84 valence electrons. The largest absolute Gasteiger partial charge is 0.384 e. The first kappa shape index (κ1) is 12.0. The van der Waals surface area contributed by atoms with E-state index < -0.39 is 10.3 Å². The monoisotopic (exact) mass is 229 g/mol. The smallest absolute Gasteiger partial charge is 0.370 e. The third-order valence-electron chi connectivity index (χ3n) is 2.04. The predicted molar refractivity (Wildman–Crippen MR) is 59.2 cm³/mol. The Morgan fingerprint density at radius 1 is 1.13 bits per heavy atom. The van der Waals surface area contributed by atoms with Gasteiger partial charge in [0.2, 0.25) is 0 Å². The SMILES string of the molecule is Cc1cccc(C)c1OS(=O)(=O)N(C)C. The van der Waals surface area contributed by atoms with Crippen LogP contribution in [0.25, 0.3) is 0 Å². The van der Waals surface area contributed by atoms with E-state index >= 15 is 0 Å². The Bertz CT molecular complexity index is 431. The summed E-state index contributed by atoms with van der Waals surface area (Å²) in [5.41, 5.74) is 1.61. The molecule has 0 saturated heterocycles. The second-order valence-electron chi connectivity index (χ2n) is 3.54. The summed E-state index contributed by atoms with van der Waals surface area (Å²) in [5, 5.41) is 0. The quantitative estimate of drug-likeness (QED) is 0.789. The summed E-state index contributed by atoms with van der Waals surface area (Å²) >= 11 is 0. The molecule has 0 bridgehead atoms. The lowest BCUT2D eigenvalue weighted by molar-refractivity contribution is 0.419. The summed E-state index contributed by atoms with van der Waals surface area (Å²) in [7, 11) is -0.796. The van der Waals surface area contributed by atoms with Crippen molar-refractivity contribution in [3.8, 4) is 5.75 Å². The molecule has 0 radical (unpaired) electrons. The molecule has 0 saturated carbocycles. The van der Waals surface area contributed by atoms with Crippen LogP contribution in [0.15, 0.2) is 18.2 Å². The molecule has 0 aliphatic heterocycles. The number of benzene rings is 1. The Hall–Kier alpha value is -1.07. The zero-order valence-corrected chi connectivity index (χ0v) is 10.1. The maximum atomic E-state index is 11.5. The lowest BCUT2D eigenvalue weighted by Gasteiger charge is -2.15. The Labute approximate surface area is 90.7 Å². The first-order chi connectivity index (χ1) is 6.84. The van der Waals surface area contributed by atoms with Gasteiger partial charge in [-0.2, -0.15) is 12.7 Å². The summed E-state index contributed by atoms with van der Waals surface area (Å²) < 4.78 is 29.1. The van der Waals surface area contributed by atoms with Crippen molar-refractivity contribution >= 4 is 10.3 Å². The van der Waals surface area contributed by atoms with Crippen LogP contribution in [0.2, 0.25) is 0 Å². The highest BCUT2D eigenvalue weighted by Gasteiger charge is 2.18. The fourth-order valence-corrected chi connectivity index (χ4v) is 1.73. The lowest BCUT2D eigenvalue weighted by atomic mass is 10.1. The van der Waals surface area contributed by atoms with Crippen LogP contribution >= 0.6 is 0 Å². The molecule has 0 aromatic heterocycles. The van der Waals surface area contributed by atoms with Crippen molar-refractivity contribution in [1.29, 1.82) is 0 Å². The van der Waals surface area contributed by atoms with Gasteiger partial charge in [0.1, 0.15) is 5.75 Å². The minimum atomic E-state index is -3.66. The van der Waals surface area contributed by atoms with Crippen LogP contribution in [0.4, 0.5) is 0 Å². The van der Waals surface area contributed by atoms with Crippen LogP contribution in [0, 0.1) is 13.8 Å². The van der Waals surface area contributed by atoms with Gasteiger partial charge in [0.15, 0.2) is 0 Å². The van der Waals surface area contributed by atoms with E-state index in [1.807, 2.05) is 32.0 Å². The normalized spacial score (nSPS) is 11.8. The van der Waals surface area contributed by atoms with Crippen LogP contribution in [0.5, 0.6) is 5.75 Å². The fraction of sp³-hybridized carbons (Fsp3) is 0.400. The molecule has 0 amide bonds. The van der Waals surface area contributed by atoms with Crippen molar-refractivity contribution in [2.75, 3.05) is 14.1 Å². The van der Waals surface area contributed by atoms with E-state index in [9.17, 15) is 8.42 Å². The average Bonchev–Trinajstić information content (AvgIpc) is 2.11. The van der Waals surface area contributed by atoms with Gasteiger partial charge in [0.25, 0.3) is 0 Å². The molecule has 4 nitrogen and oxygen atoms in total. The molecule has 0 N–H and O–H groups in total. The van der Waals surface area contributed by atoms with Crippen LogP contribution < -0.4 is 4.18 Å². The zero-order chi connectivity index (χ0) is 11.6. The molecule has 0 spiro atoms. The van der Waals surface area contributed by atoms with Crippen LogP contribution in [-0.2, 0) is 10.3 Å². The first-order valence-corrected chi connectivity index (χ1v) is 5.89. The summed E-state index contributed by atoms with van der Waals surface area (Å²) in [6.45, 7) is 3.63. The van der Waals surface area contributed by atoms with Gasteiger partial charge >= 0.3 is 10.3 Å². The number of hydrogen-bond acceptors (Lipinski definition) is 3. The molecule has 5 heteroatoms. The van der Waals surface area contributed by atoms with Crippen LogP contribution in [0.1, 0.15) is 11.1 Å². The van der Waals surface area contributed by atoms with E-state index in [0.29, 0.717) is 5.75 Å². The van der Waals surface area contributed by atoms with Gasteiger partial charge < -0.3 is 4.18 Å². The molecule has 1 aromatic carbocycles. The van der Waals surface area contributed by atoms with E-state index in [-0.39, 0.29) is 0 Å². The summed E-state index contributed by atoms with van der Waals surface area (Å²) in [5.74, 6) is 0.409. The number of para-hydroxylation sites is 1. The molecule has 0 unspecified atom stereocenters. The second kappa shape index (κ2) is 4.20. The first-order valence-electron chi connectivity index (χ1n) is 4.53. The molecule has 0 atom stereocenters. The van der Waals surface area contributed by atoms with Gasteiger partial charge in [-0.1, -0.05) is 18.2 Å². The molecule has 1 rings (SSSR count). The molecule has 0 fully saturated rings. The van der Waals surface area contributed by atoms with Gasteiger partial charge in [-0.25, -0.2) is 0 Å². The summed E-state index contributed by atoms with van der Waals surface area (Å²) in [6.07, 6.45) is 0. The number of aryl methyl sites for hydroxylation is 2. The van der Waals surface area contributed by atoms with Crippen molar-refractivity contribution in [2.45, 2.75) is 13.8 Å². The van der Waals surface area contributed by atoms with Crippen molar-refractivity contribution in [3.63, 3.8) is 0 Å². The van der Waals surface area contributed by atoms with Crippen LogP contribution in [-0.4, -0.2) is 26.8 Å². The molecular formula is C10H15NO3S. The standard InChI is InChI=1S/C10H15NO3S/c1-8-6-5-7-9(2)10(8)14-15(12,13)11(3)4/h5-7H,1-4H3. The maximum Gasteiger partial charge on any atom is 0.384 e. The lowest BCUT2D eigenvalue weighted by Crippen LogP contribution is -2.27. The van der Waals surface area contributed by atoms with Crippen molar-refractivity contribution < 1.29 is 12.6 Å². The Morgan fingerprint density at radius 3 is 2.00 bits per heavy atom. The minimum absolute atomic E-state index is 0.409.